The van der Waals surface area contributed by atoms with Gasteiger partial charge in [-0.05, 0) is 18.2 Å². The lowest BCUT2D eigenvalue weighted by atomic mass is 10.2. The first-order valence-electron chi connectivity index (χ1n) is 3.79. The van der Waals surface area contributed by atoms with Gasteiger partial charge in [-0.25, -0.2) is 4.39 Å². The molecule has 0 radical (unpaired) electrons. The smallest absolute Gasteiger partial charge is 0.137 e. The molecular weight excluding hydrogens is 171 g/mol. The maximum absolute atomic E-state index is 12.6. The lowest BCUT2D eigenvalue weighted by molar-refractivity contribution is 0.293. The van der Waals surface area contributed by atoms with E-state index in [-0.39, 0.29) is 12.4 Å². The van der Waals surface area contributed by atoms with Crippen molar-refractivity contribution in [3.05, 3.63) is 30.1 Å². The van der Waals surface area contributed by atoms with Crippen LogP contribution in [0.5, 0.6) is 0 Å². The Balaban J connectivity index is 2.69. The van der Waals surface area contributed by atoms with Crippen molar-refractivity contribution in [2.75, 3.05) is 11.9 Å². The molecule has 3 nitrogen and oxygen atoms in total. The van der Waals surface area contributed by atoms with Crippen molar-refractivity contribution in [3.63, 3.8) is 0 Å². The van der Waals surface area contributed by atoms with E-state index >= 15 is 0 Å². The van der Waals surface area contributed by atoms with Crippen LogP contribution in [0.1, 0.15) is 0 Å². The van der Waals surface area contributed by atoms with Crippen LogP contribution in [0.15, 0.2) is 24.3 Å². The first-order chi connectivity index (χ1) is 6.26. The number of nitrogens with one attached hydrogen (secondary N) is 1. The second-order valence-corrected chi connectivity index (χ2v) is 2.52. The summed E-state index contributed by atoms with van der Waals surface area (Å²) in [6.45, 7) is -0.299. The molecule has 1 unspecified atom stereocenters. The Morgan fingerprint density at radius 2 is 2.38 bits per heavy atom. The molecule has 0 aliphatic heterocycles. The number of aliphatic hydroxyl groups is 1. The maximum Gasteiger partial charge on any atom is 0.137 e. The summed E-state index contributed by atoms with van der Waals surface area (Å²) in [7, 11) is 0. The number of nitriles is 1. The highest BCUT2D eigenvalue weighted by atomic mass is 19.1. The highest BCUT2D eigenvalue weighted by Gasteiger charge is 2.04. The molecule has 0 aliphatic rings. The van der Waals surface area contributed by atoms with Crippen LogP contribution in [-0.4, -0.2) is 17.8 Å². The van der Waals surface area contributed by atoms with Crippen molar-refractivity contribution in [2.45, 2.75) is 6.04 Å². The summed E-state index contributed by atoms with van der Waals surface area (Å²) in [5, 5.41) is 19.8. The van der Waals surface area contributed by atoms with Gasteiger partial charge in [-0.1, -0.05) is 6.07 Å². The zero-order valence-corrected chi connectivity index (χ0v) is 6.87. The molecule has 2 N–H and O–H groups in total. The highest BCUT2D eigenvalue weighted by molar-refractivity contribution is 5.45. The third-order valence-corrected chi connectivity index (χ3v) is 1.50. The van der Waals surface area contributed by atoms with Crippen LogP contribution in [0, 0.1) is 17.1 Å². The summed E-state index contributed by atoms with van der Waals surface area (Å²) < 4.78 is 12.6. The maximum atomic E-state index is 12.6. The predicted molar refractivity (Wildman–Crippen MR) is 46.5 cm³/mol. The molecule has 0 saturated carbocycles. The van der Waals surface area contributed by atoms with Crippen LogP contribution in [0.25, 0.3) is 0 Å². The second kappa shape index (κ2) is 4.43. The van der Waals surface area contributed by atoms with E-state index in [1.807, 2.05) is 6.07 Å². The Morgan fingerprint density at radius 3 is 2.92 bits per heavy atom. The summed E-state index contributed by atoms with van der Waals surface area (Å²) in [5.74, 6) is -0.375. The Hall–Kier alpha value is -1.60. The van der Waals surface area contributed by atoms with Crippen LogP contribution in [-0.2, 0) is 0 Å². The molecule has 0 bridgehead atoms. The summed E-state index contributed by atoms with van der Waals surface area (Å²) in [6.07, 6.45) is 0. The number of hydrogen-bond donors (Lipinski definition) is 2. The SMILES string of the molecule is N#CC(CO)Nc1cccc(F)c1. The molecule has 13 heavy (non-hydrogen) atoms. The van der Waals surface area contributed by atoms with E-state index in [1.54, 1.807) is 6.07 Å². The summed E-state index contributed by atoms with van der Waals surface area (Å²) in [5.41, 5.74) is 0.487. The van der Waals surface area contributed by atoms with Crippen molar-refractivity contribution in [1.82, 2.24) is 0 Å². The zero-order valence-electron chi connectivity index (χ0n) is 6.87. The van der Waals surface area contributed by atoms with E-state index < -0.39 is 6.04 Å². The van der Waals surface area contributed by atoms with Crippen LogP contribution in [0.3, 0.4) is 0 Å². The van der Waals surface area contributed by atoms with Gasteiger partial charge in [0.15, 0.2) is 0 Å². The number of hydrogen-bond acceptors (Lipinski definition) is 3. The molecule has 0 amide bonds. The lowest BCUT2D eigenvalue weighted by Crippen LogP contribution is -2.21. The van der Waals surface area contributed by atoms with Gasteiger partial charge in [-0.3, -0.25) is 0 Å². The number of halogens is 1. The predicted octanol–water partition coefficient (Wildman–Crippen LogP) is 1.12. The van der Waals surface area contributed by atoms with Crippen LogP contribution in [0.2, 0.25) is 0 Å². The van der Waals surface area contributed by atoms with Crippen molar-refractivity contribution in [3.8, 4) is 6.07 Å². The number of aliphatic hydroxyl groups excluding tert-OH is 1. The Bertz CT molecular complexity index is 322. The van der Waals surface area contributed by atoms with Gasteiger partial charge in [-0.2, -0.15) is 5.26 Å². The molecule has 0 heterocycles. The van der Waals surface area contributed by atoms with Gasteiger partial charge in [-0.15, -0.1) is 0 Å². The third-order valence-electron chi connectivity index (χ3n) is 1.50. The minimum atomic E-state index is -0.693. The van der Waals surface area contributed by atoms with E-state index in [9.17, 15) is 4.39 Å². The first kappa shape index (κ1) is 9.49. The van der Waals surface area contributed by atoms with E-state index in [2.05, 4.69) is 5.32 Å². The normalized spacial score (nSPS) is 11.8. The molecule has 0 spiro atoms. The van der Waals surface area contributed by atoms with Gasteiger partial charge in [0, 0.05) is 5.69 Å². The minimum absolute atomic E-state index is 0.299. The van der Waals surface area contributed by atoms with E-state index in [0.717, 1.165) is 0 Å². The fourth-order valence-corrected chi connectivity index (χ4v) is 0.898. The summed E-state index contributed by atoms with van der Waals surface area (Å²) in [6, 6.07) is 6.88. The fraction of sp³-hybridized carbons (Fsp3) is 0.222. The van der Waals surface area contributed by atoms with Crippen LogP contribution >= 0.6 is 0 Å². The monoisotopic (exact) mass is 180 g/mol. The number of anilines is 1. The largest absolute Gasteiger partial charge is 0.393 e. The van der Waals surface area contributed by atoms with Crippen molar-refractivity contribution in [2.24, 2.45) is 0 Å². The highest BCUT2D eigenvalue weighted by Crippen LogP contribution is 2.09. The molecule has 0 aliphatic carbocycles. The Labute approximate surface area is 75.4 Å². The molecule has 0 saturated heterocycles. The van der Waals surface area contributed by atoms with E-state index in [4.69, 9.17) is 10.4 Å². The second-order valence-electron chi connectivity index (χ2n) is 2.52. The molecule has 4 heteroatoms. The first-order valence-corrected chi connectivity index (χ1v) is 3.79. The van der Waals surface area contributed by atoms with Crippen LogP contribution < -0.4 is 5.32 Å². The molecule has 1 aromatic rings. The summed E-state index contributed by atoms with van der Waals surface area (Å²) >= 11 is 0. The molecule has 1 rings (SSSR count). The number of rotatable bonds is 3. The molecule has 68 valence electrons. The molecular formula is C9H9FN2O. The number of nitrogens with zero attached hydrogens (tertiary/aromatic N) is 1. The standard InChI is InChI=1S/C9H9FN2O/c10-7-2-1-3-8(4-7)12-9(5-11)6-13/h1-4,9,12-13H,6H2. The third kappa shape index (κ3) is 2.73. The molecule has 0 fully saturated rings. The van der Waals surface area contributed by atoms with Gasteiger partial charge in [0.05, 0.1) is 12.7 Å². The quantitative estimate of drug-likeness (QED) is 0.732. The van der Waals surface area contributed by atoms with E-state index in [0.29, 0.717) is 5.69 Å². The topological polar surface area (TPSA) is 56.0 Å². The van der Waals surface area contributed by atoms with Gasteiger partial charge in [0.25, 0.3) is 0 Å². The zero-order chi connectivity index (χ0) is 9.68. The fourth-order valence-electron chi connectivity index (χ4n) is 0.898. The van der Waals surface area contributed by atoms with Crippen molar-refractivity contribution >= 4 is 5.69 Å². The number of benzene rings is 1. The minimum Gasteiger partial charge on any atom is -0.393 e. The van der Waals surface area contributed by atoms with Crippen LogP contribution in [0.4, 0.5) is 10.1 Å². The average Bonchev–Trinajstić information content (AvgIpc) is 2.14. The molecule has 1 atom stereocenters. The van der Waals surface area contributed by atoms with Crippen molar-refractivity contribution < 1.29 is 9.50 Å². The molecule has 1 aromatic carbocycles. The van der Waals surface area contributed by atoms with Gasteiger partial charge in [0.1, 0.15) is 11.9 Å². The van der Waals surface area contributed by atoms with E-state index in [1.165, 1.54) is 18.2 Å². The van der Waals surface area contributed by atoms with Crippen molar-refractivity contribution in [1.29, 1.82) is 5.26 Å². The lowest BCUT2D eigenvalue weighted by Gasteiger charge is -2.09. The average molecular weight is 180 g/mol. The Morgan fingerprint density at radius 1 is 1.62 bits per heavy atom. The molecule has 0 aromatic heterocycles. The van der Waals surface area contributed by atoms with Gasteiger partial charge in [0.2, 0.25) is 0 Å². The van der Waals surface area contributed by atoms with Gasteiger partial charge >= 0.3 is 0 Å². The van der Waals surface area contributed by atoms with Gasteiger partial charge < -0.3 is 10.4 Å². The summed E-state index contributed by atoms with van der Waals surface area (Å²) in [4.78, 5) is 0. The Kier molecular flexibility index (Phi) is 3.23.